The number of carboxylic acids is 1. The number of hydrogen-bond acceptors (Lipinski definition) is 8. The van der Waals surface area contributed by atoms with E-state index in [4.69, 9.17) is 15.2 Å². The van der Waals surface area contributed by atoms with Gasteiger partial charge in [-0.3, -0.25) is 0 Å². The van der Waals surface area contributed by atoms with Crippen molar-refractivity contribution in [3.63, 3.8) is 0 Å². The van der Waals surface area contributed by atoms with Crippen LogP contribution in [0.15, 0.2) is 84.4 Å². The maximum Gasteiger partial charge on any atom is 0.354 e. The molecule has 4 rings (SSSR count). The standard InChI is InChI=1S/C30H18F2N2O7/c31-19-5-7-22(25(32)13-19)17-4-9-26(40-29(38)18(15-33)10-16-2-1-3-21(35)11-16)24(12-17)30(39)41-27-14-20(34)6-8-23(27)28(36)37/h1-14,35H,34H2,(H,36,37). The highest BCUT2D eigenvalue weighted by molar-refractivity contribution is 6.02. The van der Waals surface area contributed by atoms with Crippen LogP contribution in [0.5, 0.6) is 17.2 Å². The molecule has 4 aromatic carbocycles. The van der Waals surface area contributed by atoms with Crippen LogP contribution >= 0.6 is 0 Å². The summed E-state index contributed by atoms with van der Waals surface area (Å²) in [6, 6.07) is 17.2. The van der Waals surface area contributed by atoms with Gasteiger partial charge in [0.1, 0.15) is 51.7 Å². The SMILES string of the molecule is N#CC(=Cc1cccc(O)c1)C(=O)Oc1ccc(-c2ccc(F)cc2F)cc1C(=O)Oc1cc(N)ccc1C(=O)O. The predicted octanol–water partition coefficient (Wildman–Crippen LogP) is 5.35. The van der Waals surface area contributed by atoms with E-state index in [-0.39, 0.29) is 22.6 Å². The molecule has 0 unspecified atom stereocenters. The lowest BCUT2D eigenvalue weighted by Gasteiger charge is -2.13. The van der Waals surface area contributed by atoms with Gasteiger partial charge in [0.05, 0.1) is 0 Å². The number of anilines is 1. The molecule has 0 atom stereocenters. The fraction of sp³-hybridized carbons (Fsp3) is 0. The quantitative estimate of drug-likeness (QED) is 0.0896. The first kappa shape index (κ1) is 28.0. The number of halogens is 2. The molecule has 0 heterocycles. The largest absolute Gasteiger partial charge is 0.508 e. The van der Waals surface area contributed by atoms with Gasteiger partial charge in [-0.25, -0.2) is 23.2 Å². The third-order valence-electron chi connectivity index (χ3n) is 5.60. The second-order valence-corrected chi connectivity index (χ2v) is 8.44. The van der Waals surface area contributed by atoms with Gasteiger partial charge in [0.15, 0.2) is 0 Å². The van der Waals surface area contributed by atoms with E-state index >= 15 is 0 Å². The van der Waals surface area contributed by atoms with Crippen LogP contribution < -0.4 is 15.2 Å². The summed E-state index contributed by atoms with van der Waals surface area (Å²) in [5.41, 5.74) is 4.73. The molecular formula is C30H18F2N2O7. The predicted molar refractivity (Wildman–Crippen MR) is 142 cm³/mol. The van der Waals surface area contributed by atoms with Gasteiger partial charge in [0.25, 0.3) is 0 Å². The molecule has 204 valence electrons. The molecule has 0 aliphatic carbocycles. The molecule has 4 aromatic rings. The van der Waals surface area contributed by atoms with E-state index < -0.39 is 57.7 Å². The van der Waals surface area contributed by atoms with Crippen molar-refractivity contribution < 1.29 is 42.9 Å². The van der Waals surface area contributed by atoms with E-state index in [1.807, 2.05) is 0 Å². The van der Waals surface area contributed by atoms with Crippen molar-refractivity contribution in [1.82, 2.24) is 0 Å². The summed E-state index contributed by atoms with van der Waals surface area (Å²) in [5, 5.41) is 28.6. The summed E-state index contributed by atoms with van der Waals surface area (Å²) >= 11 is 0. The Labute approximate surface area is 230 Å². The number of esters is 2. The van der Waals surface area contributed by atoms with E-state index in [9.17, 15) is 38.6 Å². The highest BCUT2D eigenvalue weighted by Crippen LogP contribution is 2.31. The average molecular weight is 556 g/mol. The molecule has 41 heavy (non-hydrogen) atoms. The van der Waals surface area contributed by atoms with Crippen molar-refractivity contribution in [2.45, 2.75) is 0 Å². The number of nitrogens with zero attached hydrogens (tertiary/aromatic N) is 1. The van der Waals surface area contributed by atoms with Crippen molar-refractivity contribution in [3.8, 4) is 34.4 Å². The first-order valence-corrected chi connectivity index (χ1v) is 11.6. The monoisotopic (exact) mass is 556 g/mol. The Morgan fingerprint density at radius 1 is 0.878 bits per heavy atom. The van der Waals surface area contributed by atoms with Crippen LogP contribution in [0.4, 0.5) is 14.5 Å². The normalized spacial score (nSPS) is 10.9. The molecule has 0 radical (unpaired) electrons. The number of benzene rings is 4. The Morgan fingerprint density at radius 2 is 1.66 bits per heavy atom. The molecule has 4 N–H and O–H groups in total. The minimum Gasteiger partial charge on any atom is -0.508 e. The van der Waals surface area contributed by atoms with Gasteiger partial charge in [-0.05, 0) is 65.7 Å². The maximum absolute atomic E-state index is 14.5. The Hall–Kier alpha value is -6.02. The number of carbonyl (C=O) groups is 3. The van der Waals surface area contributed by atoms with Gasteiger partial charge >= 0.3 is 17.9 Å². The second kappa shape index (κ2) is 11.8. The number of carbonyl (C=O) groups excluding carboxylic acids is 2. The summed E-state index contributed by atoms with van der Waals surface area (Å²) in [5.74, 6) is -6.52. The summed E-state index contributed by atoms with van der Waals surface area (Å²) in [7, 11) is 0. The summed E-state index contributed by atoms with van der Waals surface area (Å²) in [4.78, 5) is 37.8. The zero-order valence-corrected chi connectivity index (χ0v) is 20.8. The molecule has 11 heteroatoms. The Balaban J connectivity index is 1.76. The molecule has 0 aliphatic rings. The van der Waals surface area contributed by atoms with E-state index in [1.165, 1.54) is 36.4 Å². The molecule has 0 saturated carbocycles. The molecule has 9 nitrogen and oxygen atoms in total. The topological polar surface area (TPSA) is 160 Å². The fourth-order valence-corrected chi connectivity index (χ4v) is 3.70. The van der Waals surface area contributed by atoms with Gasteiger partial charge in [0, 0.05) is 23.4 Å². The lowest BCUT2D eigenvalue weighted by atomic mass is 10.0. The number of carboxylic acid groups (broad SMARTS) is 1. The van der Waals surface area contributed by atoms with E-state index in [1.54, 1.807) is 6.07 Å². The minimum absolute atomic E-state index is 0.0658. The van der Waals surface area contributed by atoms with Gasteiger partial charge in [-0.1, -0.05) is 18.2 Å². The molecular weight excluding hydrogens is 538 g/mol. The number of ether oxygens (including phenoxy) is 2. The van der Waals surface area contributed by atoms with Gasteiger partial charge in [0.2, 0.25) is 0 Å². The van der Waals surface area contributed by atoms with E-state index in [0.29, 0.717) is 11.6 Å². The lowest BCUT2D eigenvalue weighted by Crippen LogP contribution is -2.16. The third kappa shape index (κ3) is 6.52. The van der Waals surface area contributed by atoms with Crippen molar-refractivity contribution in [2.24, 2.45) is 0 Å². The Bertz CT molecular complexity index is 1780. The van der Waals surface area contributed by atoms with Crippen LogP contribution in [0, 0.1) is 23.0 Å². The van der Waals surface area contributed by atoms with Crippen LogP contribution in [-0.4, -0.2) is 28.1 Å². The van der Waals surface area contributed by atoms with Crippen molar-refractivity contribution >= 4 is 29.7 Å². The van der Waals surface area contributed by atoms with E-state index in [0.717, 1.165) is 42.5 Å². The van der Waals surface area contributed by atoms with Crippen molar-refractivity contribution in [1.29, 1.82) is 5.26 Å². The number of nitrogens with two attached hydrogens (primary N) is 1. The first-order valence-electron chi connectivity index (χ1n) is 11.6. The smallest absolute Gasteiger partial charge is 0.354 e. The highest BCUT2D eigenvalue weighted by Gasteiger charge is 2.23. The van der Waals surface area contributed by atoms with Gasteiger partial charge in [-0.15, -0.1) is 0 Å². The number of phenolic OH excluding ortho intramolecular Hbond substituents is 1. The molecule has 0 aromatic heterocycles. The van der Waals surface area contributed by atoms with Crippen LogP contribution in [-0.2, 0) is 4.79 Å². The first-order chi connectivity index (χ1) is 19.5. The second-order valence-electron chi connectivity index (χ2n) is 8.44. The molecule has 0 spiro atoms. The highest BCUT2D eigenvalue weighted by atomic mass is 19.1. The number of hydrogen-bond donors (Lipinski definition) is 3. The fourth-order valence-electron chi connectivity index (χ4n) is 3.70. The zero-order chi connectivity index (χ0) is 29.7. The molecule has 0 amide bonds. The number of rotatable bonds is 7. The molecule has 0 saturated heterocycles. The molecule has 0 bridgehead atoms. The number of nitriles is 1. The average Bonchev–Trinajstić information content (AvgIpc) is 2.92. The van der Waals surface area contributed by atoms with Crippen LogP contribution in [0.25, 0.3) is 17.2 Å². The molecule has 0 fully saturated rings. The van der Waals surface area contributed by atoms with Crippen molar-refractivity contribution in [2.75, 3.05) is 5.73 Å². The van der Waals surface area contributed by atoms with Gasteiger partial charge < -0.3 is 25.4 Å². The number of nitrogen functional groups attached to an aromatic ring is 1. The lowest BCUT2D eigenvalue weighted by molar-refractivity contribution is -0.129. The number of aromatic carboxylic acids is 1. The third-order valence-corrected chi connectivity index (χ3v) is 5.60. The van der Waals surface area contributed by atoms with E-state index in [2.05, 4.69) is 0 Å². The van der Waals surface area contributed by atoms with Crippen molar-refractivity contribution in [3.05, 3.63) is 113 Å². The summed E-state index contributed by atoms with van der Waals surface area (Å²) < 4.78 is 38.6. The number of aromatic hydroxyl groups is 1. The minimum atomic E-state index is -1.42. The van der Waals surface area contributed by atoms with Crippen LogP contribution in [0.2, 0.25) is 0 Å². The summed E-state index contributed by atoms with van der Waals surface area (Å²) in [6.45, 7) is 0. The molecule has 0 aliphatic heterocycles. The Morgan fingerprint density at radius 3 is 2.34 bits per heavy atom. The van der Waals surface area contributed by atoms with Crippen LogP contribution in [0.3, 0.4) is 0 Å². The zero-order valence-electron chi connectivity index (χ0n) is 20.8. The summed E-state index contributed by atoms with van der Waals surface area (Å²) in [6.07, 6.45) is 1.15. The Kier molecular flexibility index (Phi) is 8.05. The van der Waals surface area contributed by atoms with Gasteiger partial charge in [-0.2, -0.15) is 5.26 Å². The maximum atomic E-state index is 14.5. The van der Waals surface area contributed by atoms with Crippen LogP contribution in [0.1, 0.15) is 26.3 Å². The number of phenols is 1.